The third kappa shape index (κ3) is 4.25. The Morgan fingerprint density at radius 1 is 0.575 bits per heavy atom. The van der Waals surface area contributed by atoms with Crippen molar-refractivity contribution in [2.75, 3.05) is 0 Å². The minimum atomic E-state index is -3.06. The van der Waals surface area contributed by atoms with Crippen LogP contribution in [0.15, 0.2) is 143 Å². The fourth-order valence-electron chi connectivity index (χ4n) is 6.35. The van der Waals surface area contributed by atoms with Crippen molar-refractivity contribution in [2.24, 2.45) is 0 Å². The first-order valence-electron chi connectivity index (χ1n) is 13.6. The third-order valence-electron chi connectivity index (χ3n) is 8.02. The molecule has 0 bridgehead atoms. The summed E-state index contributed by atoms with van der Waals surface area (Å²) in [5.41, 5.74) is 8.91. The molecule has 0 atom stereocenters. The third-order valence-corrected chi connectivity index (χ3v) is 16.5. The summed E-state index contributed by atoms with van der Waals surface area (Å²) >= 11 is -3.06. The summed E-state index contributed by atoms with van der Waals surface area (Å²) in [6.45, 7) is 0. The zero-order valence-corrected chi connectivity index (χ0v) is 24.3. The number of rotatable bonds is 5. The number of benzene rings is 5. The van der Waals surface area contributed by atoms with E-state index in [2.05, 4.69) is 115 Å². The topological polar surface area (TPSA) is 0 Å². The van der Waals surface area contributed by atoms with Gasteiger partial charge in [-0.05, 0) is 0 Å². The molecule has 0 heterocycles. The van der Waals surface area contributed by atoms with Gasteiger partial charge < -0.3 is 0 Å². The molecule has 3 heteroatoms. The number of hydrogen-bond donors (Lipinski definition) is 0. The monoisotopic (exact) mass is 598 g/mol. The summed E-state index contributed by atoms with van der Waals surface area (Å²) in [7, 11) is 0. The van der Waals surface area contributed by atoms with Crippen LogP contribution < -0.4 is 0 Å². The molecule has 0 N–H and O–H groups in total. The van der Waals surface area contributed by atoms with E-state index in [0.717, 1.165) is 12.0 Å². The van der Waals surface area contributed by atoms with Gasteiger partial charge in [0.2, 0.25) is 0 Å². The van der Waals surface area contributed by atoms with Crippen molar-refractivity contribution in [3.05, 3.63) is 182 Å². The molecule has 5 aromatic carbocycles. The molecule has 0 amide bonds. The van der Waals surface area contributed by atoms with Crippen LogP contribution in [0.1, 0.15) is 37.9 Å². The Hall–Kier alpha value is -3.81. The van der Waals surface area contributed by atoms with Crippen molar-refractivity contribution >= 4 is 8.78 Å². The summed E-state index contributed by atoms with van der Waals surface area (Å²) in [6.07, 6.45) is 4.91. The summed E-state index contributed by atoms with van der Waals surface area (Å²) < 4.78 is 32.8. The van der Waals surface area contributed by atoms with E-state index in [4.69, 9.17) is 0 Å². The summed E-state index contributed by atoms with van der Waals surface area (Å²) in [4.78, 5) is 0. The Bertz CT molecular complexity index is 1740. The van der Waals surface area contributed by atoms with Gasteiger partial charge in [-0.25, -0.2) is 0 Å². The van der Waals surface area contributed by atoms with E-state index < -0.39 is 32.9 Å². The van der Waals surface area contributed by atoms with Gasteiger partial charge >= 0.3 is 242 Å². The van der Waals surface area contributed by atoms with E-state index in [1.54, 1.807) is 12.1 Å². The quantitative estimate of drug-likeness (QED) is 0.189. The molecule has 192 valence electrons. The second kappa shape index (κ2) is 10.6. The Morgan fingerprint density at radius 3 is 1.70 bits per heavy atom. The van der Waals surface area contributed by atoms with Crippen LogP contribution in [0.3, 0.4) is 0 Å². The van der Waals surface area contributed by atoms with Crippen LogP contribution in [0.25, 0.3) is 16.7 Å². The molecule has 0 spiro atoms. The standard InChI is InChI=1S/C13H9.C13H10.C11H7F2.Zr/c1-3-7-12-10(5-1)9-11-6-2-4-8-13(11)12;1-3-7-12(8-4-1)11-13-9-5-2-6-10-13;12-10-7-3-6-9(11(10)13)8-4-1-2-5-8;/h1-9H;1-10H;1,3-4,6-7H,2H2;. The fraction of sp³-hybridized carbons (Fsp3) is 0.0541. The molecule has 0 saturated carbocycles. The van der Waals surface area contributed by atoms with Crippen molar-refractivity contribution < 1.29 is 30.0 Å². The van der Waals surface area contributed by atoms with E-state index in [1.807, 2.05) is 6.08 Å². The van der Waals surface area contributed by atoms with E-state index in [1.165, 1.54) is 45.9 Å². The normalized spacial score (nSPS) is 13.8. The Kier molecular flexibility index (Phi) is 6.70. The molecule has 0 nitrogen and oxygen atoms in total. The maximum atomic E-state index is 15.4. The molecule has 2 aliphatic rings. The summed E-state index contributed by atoms with van der Waals surface area (Å²) in [5.74, 6) is -1.57. The van der Waals surface area contributed by atoms with Crippen LogP contribution in [0.4, 0.5) is 8.78 Å². The average Bonchev–Trinajstić information content (AvgIpc) is 3.61. The molecule has 2 aliphatic carbocycles. The molecule has 0 unspecified atom stereocenters. The molecular weight excluding hydrogens is 574 g/mol. The van der Waals surface area contributed by atoms with Gasteiger partial charge in [0, 0.05) is 0 Å². The van der Waals surface area contributed by atoms with E-state index in [0.29, 0.717) is 5.56 Å². The average molecular weight is 600 g/mol. The maximum absolute atomic E-state index is 15.4. The van der Waals surface area contributed by atoms with Crippen molar-refractivity contribution in [1.29, 1.82) is 0 Å². The first kappa shape index (κ1) is 25.2. The zero-order valence-electron chi connectivity index (χ0n) is 21.8. The first-order chi connectivity index (χ1) is 19.7. The van der Waals surface area contributed by atoms with E-state index >= 15 is 4.39 Å². The molecule has 7 rings (SSSR count). The van der Waals surface area contributed by atoms with Gasteiger partial charge in [0.05, 0.1) is 0 Å². The predicted molar refractivity (Wildman–Crippen MR) is 157 cm³/mol. The van der Waals surface area contributed by atoms with E-state index in [-0.39, 0.29) is 3.63 Å². The zero-order chi connectivity index (χ0) is 27.1. The Morgan fingerprint density at radius 2 is 1.10 bits per heavy atom. The fourth-order valence-corrected chi connectivity index (χ4v) is 15.8. The second-order valence-corrected chi connectivity index (χ2v) is 16.4. The van der Waals surface area contributed by atoms with Crippen LogP contribution >= 0.6 is 0 Å². The molecule has 0 radical (unpaired) electrons. The molecular formula is C37H26F2Zr. The minimum absolute atomic E-state index is 0.201. The summed E-state index contributed by atoms with van der Waals surface area (Å²) in [6, 6.07) is 43.4. The SMILES string of the molecule is Fc1cccc(C2=[C]([Zr](=[C](c3ccccc3)c3ccccc3)[CH]3c4ccccc4-c4ccccc43)CC=C2)c1F. The van der Waals surface area contributed by atoms with Crippen LogP contribution in [-0.2, 0) is 21.3 Å². The molecule has 0 aliphatic heterocycles. The molecule has 5 aromatic rings. The molecule has 0 aromatic heterocycles. The first-order valence-corrected chi connectivity index (χ1v) is 17.5. The van der Waals surface area contributed by atoms with Crippen molar-refractivity contribution in [2.45, 2.75) is 10.0 Å². The van der Waals surface area contributed by atoms with Gasteiger partial charge in [0.15, 0.2) is 0 Å². The van der Waals surface area contributed by atoms with Crippen molar-refractivity contribution in [3.8, 4) is 11.1 Å². The Labute approximate surface area is 241 Å². The second-order valence-electron chi connectivity index (χ2n) is 10.2. The molecule has 0 fully saturated rings. The predicted octanol–water partition coefficient (Wildman–Crippen LogP) is 9.29. The van der Waals surface area contributed by atoms with Crippen LogP contribution in [0.2, 0.25) is 0 Å². The van der Waals surface area contributed by atoms with Gasteiger partial charge in [0.1, 0.15) is 0 Å². The van der Waals surface area contributed by atoms with Crippen LogP contribution in [0.5, 0.6) is 0 Å². The van der Waals surface area contributed by atoms with Gasteiger partial charge in [-0.3, -0.25) is 0 Å². The van der Waals surface area contributed by atoms with Gasteiger partial charge in [0.25, 0.3) is 0 Å². The number of hydrogen-bond acceptors (Lipinski definition) is 0. The van der Waals surface area contributed by atoms with Gasteiger partial charge in [-0.1, -0.05) is 0 Å². The van der Waals surface area contributed by atoms with Crippen molar-refractivity contribution in [3.63, 3.8) is 0 Å². The number of halogens is 2. The van der Waals surface area contributed by atoms with Gasteiger partial charge in [-0.15, -0.1) is 0 Å². The van der Waals surface area contributed by atoms with Crippen molar-refractivity contribution in [1.82, 2.24) is 0 Å². The van der Waals surface area contributed by atoms with Crippen LogP contribution in [0, 0.1) is 11.6 Å². The number of fused-ring (bicyclic) bond motifs is 3. The number of allylic oxidation sites excluding steroid dienone is 4. The van der Waals surface area contributed by atoms with Crippen LogP contribution in [-0.4, -0.2) is 3.21 Å². The molecule has 0 saturated heterocycles. The Balaban J connectivity index is 1.63. The van der Waals surface area contributed by atoms with Gasteiger partial charge in [-0.2, -0.15) is 0 Å². The molecule has 40 heavy (non-hydrogen) atoms. The summed E-state index contributed by atoms with van der Waals surface area (Å²) in [5, 5.41) is 0. The van der Waals surface area contributed by atoms with E-state index in [9.17, 15) is 4.39 Å².